The van der Waals surface area contributed by atoms with Crippen LogP contribution in [0.5, 0.6) is 5.75 Å². The molecule has 4 rings (SSSR count). The molecule has 3 aromatic rings. The van der Waals surface area contributed by atoms with Crippen LogP contribution in [0.15, 0.2) is 59.7 Å². The van der Waals surface area contributed by atoms with E-state index < -0.39 is 0 Å². The first kappa shape index (κ1) is 18.5. The van der Waals surface area contributed by atoms with Crippen molar-refractivity contribution in [3.8, 4) is 5.75 Å². The quantitative estimate of drug-likeness (QED) is 0.567. The molecule has 7 heteroatoms. The highest BCUT2D eigenvalue weighted by Gasteiger charge is 2.12. The van der Waals surface area contributed by atoms with Crippen LogP contribution in [0.4, 0.5) is 11.5 Å². The van der Waals surface area contributed by atoms with Crippen molar-refractivity contribution in [2.24, 2.45) is 4.99 Å². The standard InChI is InChI=1S/C21H16Cl2N4O/c1-28-19-8-6-15(11-17(19)23)25-21-16-10-14(22)5-7-18(16)26-20(27-21)13-4-2-3-9-24-12-13/h3-12H,2H2,1H3,(H,25,26,27). The van der Waals surface area contributed by atoms with Gasteiger partial charge in [0, 0.05) is 34.1 Å². The van der Waals surface area contributed by atoms with Crippen molar-refractivity contribution in [3.05, 3.63) is 70.6 Å². The first-order valence-corrected chi connectivity index (χ1v) is 9.36. The summed E-state index contributed by atoms with van der Waals surface area (Å²) in [5.41, 5.74) is 2.42. The molecule has 0 unspecified atom stereocenters. The normalized spacial score (nSPS) is 13.3. The molecule has 1 aliphatic heterocycles. The Kier molecular flexibility index (Phi) is 5.28. The van der Waals surface area contributed by atoms with Crippen LogP contribution in [0.25, 0.3) is 16.5 Å². The minimum atomic E-state index is 0.508. The van der Waals surface area contributed by atoms with Crippen LogP contribution in [0.3, 0.4) is 0 Å². The maximum atomic E-state index is 6.26. The van der Waals surface area contributed by atoms with E-state index in [1.807, 2.05) is 36.4 Å². The van der Waals surface area contributed by atoms with Gasteiger partial charge in [-0.25, -0.2) is 9.97 Å². The van der Waals surface area contributed by atoms with Gasteiger partial charge in [0.1, 0.15) is 11.6 Å². The van der Waals surface area contributed by atoms with Crippen LogP contribution in [0, 0.1) is 0 Å². The van der Waals surface area contributed by atoms with E-state index in [2.05, 4.69) is 15.3 Å². The Morgan fingerprint density at radius 2 is 1.96 bits per heavy atom. The van der Waals surface area contributed by atoms with Crippen LogP contribution < -0.4 is 10.1 Å². The lowest BCUT2D eigenvalue weighted by Crippen LogP contribution is -2.02. The summed E-state index contributed by atoms with van der Waals surface area (Å²) in [4.78, 5) is 13.7. The Bertz CT molecular complexity index is 1140. The van der Waals surface area contributed by atoms with Gasteiger partial charge in [-0.1, -0.05) is 35.4 Å². The van der Waals surface area contributed by atoms with Gasteiger partial charge in [0.15, 0.2) is 5.82 Å². The molecule has 0 saturated carbocycles. The molecule has 0 bridgehead atoms. The van der Waals surface area contributed by atoms with Gasteiger partial charge in [0.25, 0.3) is 0 Å². The molecule has 28 heavy (non-hydrogen) atoms. The lowest BCUT2D eigenvalue weighted by molar-refractivity contribution is 0.415. The van der Waals surface area contributed by atoms with Crippen molar-refractivity contribution in [1.29, 1.82) is 0 Å². The number of halogens is 2. The lowest BCUT2D eigenvalue weighted by Gasteiger charge is -2.12. The number of ether oxygens (including phenoxy) is 1. The van der Waals surface area contributed by atoms with E-state index in [9.17, 15) is 0 Å². The Morgan fingerprint density at radius 3 is 2.79 bits per heavy atom. The fourth-order valence-electron chi connectivity index (χ4n) is 2.85. The van der Waals surface area contributed by atoms with Gasteiger partial charge < -0.3 is 10.1 Å². The predicted molar refractivity (Wildman–Crippen MR) is 116 cm³/mol. The number of hydrogen-bond acceptors (Lipinski definition) is 5. The average Bonchev–Trinajstić information content (AvgIpc) is 2.98. The minimum Gasteiger partial charge on any atom is -0.495 e. The summed E-state index contributed by atoms with van der Waals surface area (Å²) in [6.45, 7) is 0. The smallest absolute Gasteiger partial charge is 0.163 e. The van der Waals surface area contributed by atoms with E-state index >= 15 is 0 Å². The maximum Gasteiger partial charge on any atom is 0.163 e. The average molecular weight is 411 g/mol. The zero-order valence-electron chi connectivity index (χ0n) is 15.0. The minimum absolute atomic E-state index is 0.508. The van der Waals surface area contributed by atoms with Crippen LogP contribution in [0.1, 0.15) is 12.2 Å². The Morgan fingerprint density at radius 1 is 1.07 bits per heavy atom. The van der Waals surface area contributed by atoms with Gasteiger partial charge in [0.05, 0.1) is 17.6 Å². The van der Waals surface area contributed by atoms with Crippen molar-refractivity contribution in [3.63, 3.8) is 0 Å². The number of nitrogens with one attached hydrogen (secondary N) is 1. The first-order chi connectivity index (χ1) is 13.6. The summed E-state index contributed by atoms with van der Waals surface area (Å²) in [7, 11) is 1.58. The second kappa shape index (κ2) is 8.00. The van der Waals surface area contributed by atoms with E-state index in [1.165, 1.54) is 0 Å². The van der Waals surface area contributed by atoms with Crippen LogP contribution >= 0.6 is 23.2 Å². The predicted octanol–water partition coefficient (Wildman–Crippen LogP) is 6.06. The molecule has 0 saturated heterocycles. The van der Waals surface area contributed by atoms with Gasteiger partial charge in [0.2, 0.25) is 0 Å². The van der Waals surface area contributed by atoms with Gasteiger partial charge in [-0.05, 0) is 42.8 Å². The zero-order chi connectivity index (χ0) is 19.5. The van der Waals surface area contributed by atoms with E-state index in [0.29, 0.717) is 27.4 Å². The Balaban J connectivity index is 1.82. The topological polar surface area (TPSA) is 59.4 Å². The molecular weight excluding hydrogens is 395 g/mol. The summed E-state index contributed by atoms with van der Waals surface area (Å²) in [6.07, 6.45) is 8.31. The molecule has 2 heterocycles. The number of benzene rings is 2. The van der Waals surface area contributed by atoms with Crippen molar-refractivity contribution in [2.45, 2.75) is 6.42 Å². The Hall–Kier alpha value is -2.89. The highest BCUT2D eigenvalue weighted by molar-refractivity contribution is 6.32. The van der Waals surface area contributed by atoms with Crippen molar-refractivity contribution >= 4 is 57.4 Å². The molecule has 0 amide bonds. The third-order valence-corrected chi connectivity index (χ3v) is 4.74. The molecule has 5 nitrogen and oxygen atoms in total. The SMILES string of the molecule is COc1ccc(Nc2nc(C3=CCC=CN=C3)nc3ccc(Cl)cc23)cc1Cl. The largest absolute Gasteiger partial charge is 0.495 e. The number of rotatable bonds is 4. The molecule has 0 aliphatic carbocycles. The molecule has 0 spiro atoms. The van der Waals surface area contributed by atoms with Gasteiger partial charge in [-0.3, -0.25) is 4.99 Å². The second-order valence-corrected chi connectivity index (χ2v) is 6.93. The van der Waals surface area contributed by atoms with E-state index in [4.69, 9.17) is 32.9 Å². The summed E-state index contributed by atoms with van der Waals surface area (Å²) >= 11 is 12.5. The number of methoxy groups -OCH3 is 1. The molecule has 0 fully saturated rings. The molecule has 1 aromatic heterocycles. The van der Waals surface area contributed by atoms with Gasteiger partial charge in [-0.15, -0.1) is 0 Å². The highest BCUT2D eigenvalue weighted by atomic mass is 35.5. The monoisotopic (exact) mass is 410 g/mol. The van der Waals surface area contributed by atoms with Crippen molar-refractivity contribution in [1.82, 2.24) is 9.97 Å². The third kappa shape index (κ3) is 3.86. The number of nitrogens with zero attached hydrogens (tertiary/aromatic N) is 3. The number of fused-ring (bicyclic) bond motifs is 1. The van der Waals surface area contributed by atoms with Crippen LogP contribution in [0.2, 0.25) is 10.0 Å². The fourth-order valence-corrected chi connectivity index (χ4v) is 3.28. The van der Waals surface area contributed by atoms with E-state index in [1.54, 1.807) is 31.7 Å². The number of aromatic nitrogens is 2. The Labute approximate surface area is 172 Å². The molecule has 140 valence electrons. The number of allylic oxidation sites excluding steroid dienone is 3. The second-order valence-electron chi connectivity index (χ2n) is 6.09. The fraction of sp³-hybridized carbons (Fsp3) is 0.0952. The van der Waals surface area contributed by atoms with E-state index in [0.717, 1.165) is 28.6 Å². The summed E-state index contributed by atoms with van der Waals surface area (Å²) < 4.78 is 5.22. The molecular formula is C21H16Cl2N4O. The highest BCUT2D eigenvalue weighted by Crippen LogP contribution is 2.32. The molecule has 1 N–H and O–H groups in total. The summed E-state index contributed by atoms with van der Waals surface area (Å²) in [5, 5.41) is 5.26. The molecule has 1 aliphatic rings. The van der Waals surface area contributed by atoms with Gasteiger partial charge >= 0.3 is 0 Å². The van der Waals surface area contributed by atoms with Crippen LogP contribution in [-0.2, 0) is 0 Å². The zero-order valence-corrected chi connectivity index (χ0v) is 16.5. The summed E-state index contributed by atoms with van der Waals surface area (Å²) in [5.74, 6) is 1.83. The molecule has 0 radical (unpaired) electrons. The third-order valence-electron chi connectivity index (χ3n) is 4.21. The lowest BCUT2D eigenvalue weighted by atomic mass is 10.2. The summed E-state index contributed by atoms with van der Waals surface area (Å²) in [6, 6.07) is 11.0. The maximum absolute atomic E-state index is 6.26. The molecule has 2 aromatic carbocycles. The van der Waals surface area contributed by atoms with Gasteiger partial charge in [-0.2, -0.15) is 0 Å². The van der Waals surface area contributed by atoms with Crippen molar-refractivity contribution < 1.29 is 4.74 Å². The first-order valence-electron chi connectivity index (χ1n) is 8.60. The number of hydrogen-bond donors (Lipinski definition) is 1. The van der Waals surface area contributed by atoms with E-state index in [-0.39, 0.29) is 0 Å². The number of anilines is 2. The number of aliphatic imine (C=N–C) groups is 1. The van der Waals surface area contributed by atoms with Crippen LogP contribution in [-0.4, -0.2) is 23.3 Å². The molecule has 0 atom stereocenters. The van der Waals surface area contributed by atoms with Crippen molar-refractivity contribution in [2.75, 3.05) is 12.4 Å².